The fourth-order valence-corrected chi connectivity index (χ4v) is 6.65. The van der Waals surface area contributed by atoms with Gasteiger partial charge in [-0.2, -0.15) is 5.26 Å². The number of carbonyl (C=O) groups is 4. The lowest BCUT2D eigenvalue weighted by molar-refractivity contribution is -0.145. The second-order valence-electron chi connectivity index (χ2n) is 11.4. The predicted molar refractivity (Wildman–Crippen MR) is 180 cm³/mol. The molecule has 1 amide bonds. The van der Waals surface area contributed by atoms with Gasteiger partial charge in [0, 0.05) is 10.7 Å². The maximum atomic E-state index is 12.2. The van der Waals surface area contributed by atoms with Gasteiger partial charge in [-0.25, -0.2) is 9.59 Å². The lowest BCUT2D eigenvalue weighted by Gasteiger charge is -2.44. The van der Waals surface area contributed by atoms with Crippen molar-refractivity contribution in [3.8, 4) is 11.8 Å². The number of fused-ring (bicyclic) bond motifs is 1. The number of anilines is 1. The lowest BCUT2D eigenvalue weighted by atomic mass is 9.58. The number of methoxy groups -OCH3 is 1. The van der Waals surface area contributed by atoms with Gasteiger partial charge in [0.25, 0.3) is 5.91 Å². The average molecular weight is 728 g/mol. The molecule has 0 aromatic heterocycles. The molecule has 12 heteroatoms. The number of carbonyl (C=O) groups excluding carboxylic acids is 1. The molecule has 0 aliphatic heterocycles. The fourth-order valence-electron chi connectivity index (χ4n) is 5.93. The number of aliphatic carboxylic acids is 1. The molecule has 3 aromatic carbocycles. The molecular weight excluding hydrogens is 692 g/mol. The van der Waals surface area contributed by atoms with Crippen LogP contribution in [-0.4, -0.2) is 46.2 Å². The van der Waals surface area contributed by atoms with Crippen molar-refractivity contribution in [2.45, 2.75) is 51.9 Å². The minimum atomic E-state index is -1.14. The Labute approximate surface area is 286 Å². The number of carboxylic acids is 3. The predicted octanol–water partition coefficient (Wildman–Crippen LogP) is 8.33. The molecule has 10 nitrogen and oxygen atoms in total. The first kappa shape index (κ1) is 37.1. The highest BCUT2D eigenvalue weighted by molar-refractivity contribution is 9.10. The molecule has 5 rings (SSSR count). The summed E-state index contributed by atoms with van der Waals surface area (Å²) in [5.41, 5.74) is 1.41. The lowest BCUT2D eigenvalue weighted by Crippen LogP contribution is -2.40. The molecular formula is C35H36BrClN2O8. The molecule has 2 saturated carbocycles. The molecule has 3 aromatic rings. The zero-order chi connectivity index (χ0) is 34.7. The molecule has 0 radical (unpaired) electrons. The summed E-state index contributed by atoms with van der Waals surface area (Å²) in [7, 11) is 1.53. The Hall–Kier alpha value is -4.40. The Balaban J connectivity index is 0.000000199. The van der Waals surface area contributed by atoms with Crippen LogP contribution >= 0.6 is 27.5 Å². The monoisotopic (exact) mass is 726 g/mol. The summed E-state index contributed by atoms with van der Waals surface area (Å²) in [4.78, 5) is 44.8. The maximum Gasteiger partial charge on any atom is 0.336 e. The molecule has 248 valence electrons. The van der Waals surface area contributed by atoms with Gasteiger partial charge in [0.1, 0.15) is 5.75 Å². The van der Waals surface area contributed by atoms with Gasteiger partial charge in [0.15, 0.2) is 0 Å². The molecule has 0 saturated heterocycles. The van der Waals surface area contributed by atoms with Crippen LogP contribution in [0.4, 0.5) is 5.69 Å². The van der Waals surface area contributed by atoms with Crippen LogP contribution in [0, 0.1) is 35.5 Å². The largest absolute Gasteiger partial charge is 0.496 e. The third-order valence-corrected chi connectivity index (χ3v) is 9.36. The molecule has 3 atom stereocenters. The number of benzene rings is 3. The maximum absolute atomic E-state index is 12.2. The number of ether oxygens (including phenoxy) is 1. The highest BCUT2D eigenvalue weighted by atomic mass is 79.9. The quantitative estimate of drug-likeness (QED) is 0.195. The van der Waals surface area contributed by atoms with E-state index in [0.717, 1.165) is 37.7 Å². The van der Waals surface area contributed by atoms with Crippen LogP contribution in [0.1, 0.15) is 81.6 Å². The van der Waals surface area contributed by atoms with Crippen molar-refractivity contribution in [3.63, 3.8) is 0 Å². The Morgan fingerprint density at radius 3 is 2.26 bits per heavy atom. The first-order valence-corrected chi connectivity index (χ1v) is 16.1. The van der Waals surface area contributed by atoms with Crippen LogP contribution in [0.3, 0.4) is 0 Å². The number of carboxylic acid groups (broad SMARTS) is 3. The number of halogens is 2. The first-order valence-electron chi connectivity index (χ1n) is 14.9. The molecule has 0 unspecified atom stereocenters. The first-order chi connectivity index (χ1) is 22.3. The zero-order valence-corrected chi connectivity index (χ0v) is 28.3. The third-order valence-electron chi connectivity index (χ3n) is 8.50. The normalized spacial score (nSPS) is 19.6. The van der Waals surface area contributed by atoms with Crippen LogP contribution < -0.4 is 10.1 Å². The number of amides is 1. The van der Waals surface area contributed by atoms with E-state index < -0.39 is 23.8 Å². The van der Waals surface area contributed by atoms with Gasteiger partial charge in [0.2, 0.25) is 0 Å². The number of hydrogen-bond acceptors (Lipinski definition) is 6. The van der Waals surface area contributed by atoms with Gasteiger partial charge < -0.3 is 25.4 Å². The topological polar surface area (TPSA) is 174 Å². The van der Waals surface area contributed by atoms with E-state index in [-0.39, 0.29) is 28.0 Å². The highest BCUT2D eigenvalue weighted by Gasteiger charge is 2.47. The van der Waals surface area contributed by atoms with Crippen LogP contribution in [-0.2, 0) is 4.79 Å². The van der Waals surface area contributed by atoms with Crippen molar-refractivity contribution in [3.05, 3.63) is 92.4 Å². The molecule has 0 bridgehead atoms. The van der Waals surface area contributed by atoms with E-state index in [1.54, 1.807) is 36.4 Å². The van der Waals surface area contributed by atoms with Crippen LogP contribution in [0.25, 0.3) is 0 Å². The second-order valence-corrected chi connectivity index (χ2v) is 12.7. The molecule has 2 aliphatic carbocycles. The van der Waals surface area contributed by atoms with Crippen molar-refractivity contribution in [2.24, 2.45) is 17.3 Å². The van der Waals surface area contributed by atoms with Gasteiger partial charge in [-0.3, -0.25) is 9.59 Å². The fraction of sp³-hybridized carbons (Fsp3) is 0.343. The molecule has 4 N–H and O–H groups in total. The zero-order valence-electron chi connectivity index (χ0n) is 26.0. The van der Waals surface area contributed by atoms with Crippen LogP contribution in [0.15, 0.2) is 65.1 Å². The summed E-state index contributed by atoms with van der Waals surface area (Å²) in [6, 6.07) is 18.2. The SMILES string of the molecule is COc1ccc(C(=O)O)cc1Br.Cc1ccc(Cl)cc1NC(=O)c1ccccc1C(=O)O.N#C[C@]12CCCC[C@H]1CC[C@@H](C(=O)O)C2. The standard InChI is InChI=1S/C15H12ClNO3.C12H17NO2.C8H7BrO3/c1-9-6-7-10(16)8-13(9)17-14(18)11-4-2-3-5-12(11)15(19)20;13-8-12-6-2-1-3-10(12)5-4-9(7-12)11(14)15;1-12-7-3-2-5(8(10)11)4-6(7)9/h2-8H,1H3,(H,17,18)(H,19,20);9-10H,1-7H2,(H,14,15);2-4H,1H3,(H,10,11)/t;9-,10+,12-;/m.1./s1. The van der Waals surface area contributed by atoms with Crippen molar-refractivity contribution >= 4 is 57.0 Å². The van der Waals surface area contributed by atoms with Gasteiger partial charge >= 0.3 is 17.9 Å². The number of aromatic carboxylic acids is 2. The number of nitrogens with zero attached hydrogens (tertiary/aromatic N) is 1. The summed E-state index contributed by atoms with van der Waals surface area (Å²) in [6.45, 7) is 1.83. The minimum Gasteiger partial charge on any atom is -0.496 e. The van der Waals surface area contributed by atoms with Gasteiger partial charge in [-0.05, 0) is 109 Å². The van der Waals surface area contributed by atoms with E-state index >= 15 is 0 Å². The van der Waals surface area contributed by atoms with Gasteiger partial charge in [-0.1, -0.05) is 42.6 Å². The van der Waals surface area contributed by atoms with Crippen molar-refractivity contribution in [1.29, 1.82) is 5.26 Å². The van der Waals surface area contributed by atoms with E-state index in [2.05, 4.69) is 27.3 Å². The summed E-state index contributed by atoms with van der Waals surface area (Å²) < 4.78 is 5.58. The Kier molecular flexibility index (Phi) is 13.4. The second kappa shape index (κ2) is 17.0. The van der Waals surface area contributed by atoms with E-state index in [9.17, 15) is 24.4 Å². The molecule has 0 heterocycles. The molecule has 2 fully saturated rings. The van der Waals surface area contributed by atoms with Crippen LogP contribution in [0.5, 0.6) is 5.75 Å². The van der Waals surface area contributed by atoms with Gasteiger partial charge in [0.05, 0.1) is 45.7 Å². The summed E-state index contributed by atoms with van der Waals surface area (Å²) >= 11 is 9.07. The minimum absolute atomic E-state index is 0.0373. The Morgan fingerprint density at radius 2 is 1.66 bits per heavy atom. The number of nitrogens with one attached hydrogen (secondary N) is 1. The van der Waals surface area contributed by atoms with E-state index in [1.807, 2.05) is 6.92 Å². The van der Waals surface area contributed by atoms with E-state index in [1.165, 1.54) is 37.8 Å². The van der Waals surface area contributed by atoms with Crippen LogP contribution in [0.2, 0.25) is 5.02 Å². The van der Waals surface area contributed by atoms with Crippen molar-refractivity contribution in [1.82, 2.24) is 0 Å². The number of hydrogen-bond donors (Lipinski definition) is 4. The van der Waals surface area contributed by atoms with E-state index in [0.29, 0.717) is 33.3 Å². The third kappa shape index (κ3) is 9.80. The molecule has 0 spiro atoms. The number of rotatable bonds is 6. The summed E-state index contributed by atoms with van der Waals surface area (Å²) in [5, 5.41) is 39.2. The van der Waals surface area contributed by atoms with Crippen molar-refractivity contribution in [2.75, 3.05) is 12.4 Å². The smallest absolute Gasteiger partial charge is 0.336 e. The Morgan fingerprint density at radius 1 is 0.957 bits per heavy atom. The van der Waals surface area contributed by atoms with Crippen molar-refractivity contribution < 1.29 is 39.2 Å². The molecule has 2 aliphatic rings. The number of nitriles is 1. The highest BCUT2D eigenvalue weighted by Crippen LogP contribution is 2.51. The Bertz CT molecular complexity index is 1670. The number of aryl methyl sites for hydroxylation is 1. The average Bonchev–Trinajstić information content (AvgIpc) is 3.06. The summed E-state index contributed by atoms with van der Waals surface area (Å²) in [6.07, 6.45) is 6.64. The van der Waals surface area contributed by atoms with E-state index in [4.69, 9.17) is 31.7 Å². The molecule has 47 heavy (non-hydrogen) atoms. The summed E-state index contributed by atoms with van der Waals surface area (Å²) in [5.74, 6) is -2.47. The van der Waals surface area contributed by atoms with Gasteiger partial charge in [-0.15, -0.1) is 0 Å².